The van der Waals surface area contributed by atoms with E-state index in [0.717, 1.165) is 4.88 Å². The van der Waals surface area contributed by atoms with E-state index in [2.05, 4.69) is 0 Å². The molecule has 0 atom stereocenters. The molecule has 1 aromatic heterocycles. The van der Waals surface area contributed by atoms with Crippen LogP contribution in [-0.4, -0.2) is 24.3 Å². The summed E-state index contributed by atoms with van der Waals surface area (Å²) in [5.74, 6) is 0. The molecule has 60 valence electrons. The van der Waals surface area contributed by atoms with Gasteiger partial charge in [0.1, 0.15) is 0 Å². The second-order valence-corrected chi connectivity index (χ2v) is 3.31. The monoisotopic (exact) mass is 172 g/mol. The molecule has 3 nitrogen and oxygen atoms in total. The Morgan fingerprint density at radius 1 is 1.55 bits per heavy atom. The maximum atomic E-state index is 8.73. The predicted octanol–water partition coefficient (Wildman–Crippen LogP) is -0.426. The smallest absolute Gasteiger partial charge is 0.423 e. The first-order chi connectivity index (χ1) is 5.24. The molecule has 2 N–H and O–H groups in total. The van der Waals surface area contributed by atoms with Crippen molar-refractivity contribution in [1.29, 1.82) is 0 Å². The van der Waals surface area contributed by atoms with Gasteiger partial charge in [0.05, 0.1) is 6.61 Å². The van der Waals surface area contributed by atoms with Crippen molar-refractivity contribution in [2.24, 2.45) is 0 Å². The molecular formula is C6H9BO3S. The molecule has 1 aromatic rings. The van der Waals surface area contributed by atoms with E-state index in [-0.39, 0.29) is 0 Å². The summed E-state index contributed by atoms with van der Waals surface area (Å²) in [5.41, 5.74) is 0. The molecule has 0 saturated carbocycles. The van der Waals surface area contributed by atoms with Crippen LogP contribution >= 0.6 is 11.3 Å². The largest absolute Gasteiger partial charge is 0.499 e. The van der Waals surface area contributed by atoms with Gasteiger partial charge < -0.3 is 14.8 Å². The average molecular weight is 172 g/mol. The van der Waals surface area contributed by atoms with Crippen LogP contribution in [0.4, 0.5) is 0 Å². The third-order valence-electron chi connectivity index (χ3n) is 1.22. The second kappa shape index (κ2) is 3.87. The van der Waals surface area contributed by atoms with Crippen molar-refractivity contribution >= 4 is 23.2 Å². The lowest BCUT2D eigenvalue weighted by Crippen LogP contribution is -2.26. The van der Waals surface area contributed by atoms with E-state index in [0.29, 0.717) is 11.4 Å². The van der Waals surface area contributed by atoms with E-state index in [4.69, 9.17) is 14.8 Å². The van der Waals surface area contributed by atoms with Crippen LogP contribution in [0.15, 0.2) is 12.1 Å². The van der Waals surface area contributed by atoms with Crippen LogP contribution in [0, 0.1) is 0 Å². The lowest BCUT2D eigenvalue weighted by atomic mass is 9.90. The SMILES string of the molecule is COCc1ccc(B(O)O)s1. The van der Waals surface area contributed by atoms with Crippen molar-refractivity contribution in [3.05, 3.63) is 17.0 Å². The van der Waals surface area contributed by atoms with Gasteiger partial charge in [0, 0.05) is 16.8 Å². The molecule has 0 aromatic carbocycles. The minimum Gasteiger partial charge on any atom is -0.423 e. The topological polar surface area (TPSA) is 49.7 Å². The number of thiophene rings is 1. The summed E-state index contributed by atoms with van der Waals surface area (Å²) >= 11 is 1.34. The normalized spacial score (nSPS) is 10.1. The standard InChI is InChI=1S/C6H9BO3S/c1-10-4-5-2-3-6(11-5)7(8)9/h2-3,8-9H,4H2,1H3. The summed E-state index contributed by atoms with van der Waals surface area (Å²) < 4.78 is 5.42. The lowest BCUT2D eigenvalue weighted by Gasteiger charge is -1.92. The molecular weight excluding hydrogens is 163 g/mol. The highest BCUT2D eigenvalue weighted by Crippen LogP contribution is 2.07. The van der Waals surface area contributed by atoms with Gasteiger partial charge in [0.15, 0.2) is 0 Å². The van der Waals surface area contributed by atoms with Gasteiger partial charge in [0.2, 0.25) is 0 Å². The van der Waals surface area contributed by atoms with Crippen LogP contribution < -0.4 is 4.78 Å². The molecule has 0 aliphatic carbocycles. The van der Waals surface area contributed by atoms with Gasteiger partial charge in [-0.3, -0.25) is 0 Å². The van der Waals surface area contributed by atoms with Crippen LogP contribution in [-0.2, 0) is 11.3 Å². The van der Waals surface area contributed by atoms with Gasteiger partial charge in [-0.05, 0) is 6.07 Å². The molecule has 0 amide bonds. The van der Waals surface area contributed by atoms with E-state index in [9.17, 15) is 0 Å². The summed E-state index contributed by atoms with van der Waals surface area (Å²) in [6.07, 6.45) is 0. The van der Waals surface area contributed by atoms with Gasteiger partial charge in [-0.1, -0.05) is 6.07 Å². The quantitative estimate of drug-likeness (QED) is 0.608. The van der Waals surface area contributed by atoms with E-state index in [1.165, 1.54) is 11.3 Å². The van der Waals surface area contributed by atoms with Crippen LogP contribution in [0.25, 0.3) is 0 Å². The molecule has 1 rings (SSSR count). The Hall–Kier alpha value is -0.355. The molecule has 1 heterocycles. The third kappa shape index (κ3) is 2.30. The van der Waals surface area contributed by atoms with Gasteiger partial charge in [-0.2, -0.15) is 0 Å². The fourth-order valence-electron chi connectivity index (χ4n) is 0.753. The Labute approximate surface area is 69.4 Å². The second-order valence-electron chi connectivity index (χ2n) is 2.11. The zero-order valence-corrected chi connectivity index (χ0v) is 6.97. The number of hydrogen-bond acceptors (Lipinski definition) is 4. The Morgan fingerprint density at radius 2 is 2.27 bits per heavy atom. The van der Waals surface area contributed by atoms with E-state index >= 15 is 0 Å². The fourth-order valence-corrected chi connectivity index (χ4v) is 1.61. The molecule has 0 fully saturated rings. The van der Waals surface area contributed by atoms with Gasteiger partial charge in [-0.15, -0.1) is 11.3 Å². The van der Waals surface area contributed by atoms with Gasteiger partial charge in [0.25, 0.3) is 0 Å². The van der Waals surface area contributed by atoms with Crippen LogP contribution in [0.1, 0.15) is 4.88 Å². The number of rotatable bonds is 3. The summed E-state index contributed by atoms with van der Waals surface area (Å²) in [6.45, 7) is 0.525. The van der Waals surface area contributed by atoms with Crippen LogP contribution in [0.5, 0.6) is 0 Å². The van der Waals surface area contributed by atoms with Crippen LogP contribution in [0.2, 0.25) is 0 Å². The van der Waals surface area contributed by atoms with Gasteiger partial charge in [-0.25, -0.2) is 0 Å². The van der Waals surface area contributed by atoms with Crippen molar-refractivity contribution in [2.75, 3.05) is 7.11 Å². The number of ether oxygens (including phenoxy) is 1. The van der Waals surface area contributed by atoms with E-state index in [1.54, 1.807) is 13.2 Å². The Balaban J connectivity index is 2.66. The molecule has 0 unspecified atom stereocenters. The van der Waals surface area contributed by atoms with Crippen molar-refractivity contribution in [3.8, 4) is 0 Å². The third-order valence-corrected chi connectivity index (χ3v) is 2.32. The maximum absolute atomic E-state index is 8.73. The average Bonchev–Trinajstić information content (AvgIpc) is 2.37. The van der Waals surface area contributed by atoms with Crippen LogP contribution in [0.3, 0.4) is 0 Å². The Morgan fingerprint density at radius 3 is 2.73 bits per heavy atom. The minimum atomic E-state index is -1.36. The first kappa shape index (κ1) is 8.74. The molecule has 0 bridgehead atoms. The molecule has 0 radical (unpaired) electrons. The zero-order valence-electron chi connectivity index (χ0n) is 6.15. The zero-order chi connectivity index (χ0) is 8.27. The maximum Gasteiger partial charge on any atom is 0.499 e. The van der Waals surface area contributed by atoms with E-state index in [1.807, 2.05) is 6.07 Å². The summed E-state index contributed by atoms with van der Waals surface area (Å²) in [5, 5.41) is 17.5. The lowest BCUT2D eigenvalue weighted by molar-refractivity contribution is 0.187. The highest BCUT2D eigenvalue weighted by atomic mass is 32.1. The first-order valence-corrected chi connectivity index (χ1v) is 3.99. The van der Waals surface area contributed by atoms with Crippen molar-refractivity contribution in [3.63, 3.8) is 0 Å². The Kier molecular flexibility index (Phi) is 3.08. The molecule has 0 aliphatic heterocycles. The highest BCUT2D eigenvalue weighted by Gasteiger charge is 2.12. The highest BCUT2D eigenvalue weighted by molar-refractivity contribution is 7.22. The van der Waals surface area contributed by atoms with Crippen molar-refractivity contribution in [2.45, 2.75) is 6.61 Å². The van der Waals surface area contributed by atoms with Crippen molar-refractivity contribution in [1.82, 2.24) is 0 Å². The summed E-state index contributed by atoms with van der Waals surface area (Å²) in [6, 6.07) is 3.51. The molecule has 11 heavy (non-hydrogen) atoms. The number of hydrogen-bond donors (Lipinski definition) is 2. The van der Waals surface area contributed by atoms with E-state index < -0.39 is 7.12 Å². The predicted molar refractivity (Wildman–Crippen MR) is 44.9 cm³/mol. The molecule has 0 spiro atoms. The summed E-state index contributed by atoms with van der Waals surface area (Å²) in [4.78, 5) is 0.996. The molecule has 5 heteroatoms. The first-order valence-electron chi connectivity index (χ1n) is 3.17. The fraction of sp³-hybridized carbons (Fsp3) is 0.333. The van der Waals surface area contributed by atoms with Gasteiger partial charge >= 0.3 is 7.12 Å². The Bertz CT molecular complexity index is 223. The molecule has 0 saturated heterocycles. The number of methoxy groups -OCH3 is 1. The minimum absolute atomic E-state index is 0.525. The summed E-state index contributed by atoms with van der Waals surface area (Å²) in [7, 11) is 0.250. The van der Waals surface area contributed by atoms with Crippen molar-refractivity contribution < 1.29 is 14.8 Å². The molecule has 0 aliphatic rings.